The number of nitrogens with zero attached hydrogens (tertiary/aromatic N) is 1. The van der Waals surface area contributed by atoms with Crippen LogP contribution in [0.15, 0.2) is 54.6 Å². The minimum Gasteiger partial charge on any atom is -0.493 e. The first-order chi connectivity index (χ1) is 16.8. The van der Waals surface area contributed by atoms with Gasteiger partial charge < -0.3 is 14.2 Å². The zero-order chi connectivity index (χ0) is 25.5. The van der Waals surface area contributed by atoms with Gasteiger partial charge in [0.15, 0.2) is 23.2 Å². The Morgan fingerprint density at radius 2 is 1.89 bits per heavy atom. The number of carbonyl (C=O) groups excluding carboxylic acids is 3. The summed E-state index contributed by atoms with van der Waals surface area (Å²) in [6, 6.07) is 10.7. The van der Waals surface area contributed by atoms with Gasteiger partial charge in [0, 0.05) is 5.56 Å². The number of amides is 2. The van der Waals surface area contributed by atoms with Gasteiger partial charge in [-0.1, -0.05) is 25.1 Å². The van der Waals surface area contributed by atoms with E-state index in [0.717, 1.165) is 12.0 Å². The van der Waals surface area contributed by atoms with E-state index >= 15 is 0 Å². The van der Waals surface area contributed by atoms with E-state index in [4.69, 9.17) is 21.7 Å². The molecule has 0 aliphatic carbocycles. The normalized spacial score (nSPS) is 14.5. The zero-order valence-corrected chi connectivity index (χ0v) is 20.6. The number of nitrogens with one attached hydrogen (secondary N) is 1. The van der Waals surface area contributed by atoms with Crippen molar-refractivity contribution in [3.63, 3.8) is 0 Å². The van der Waals surface area contributed by atoms with E-state index in [1.54, 1.807) is 30.3 Å². The van der Waals surface area contributed by atoms with Gasteiger partial charge in [-0.15, -0.1) is 6.58 Å². The van der Waals surface area contributed by atoms with Crippen LogP contribution in [-0.4, -0.2) is 43.7 Å². The first-order valence-corrected chi connectivity index (χ1v) is 11.3. The highest BCUT2D eigenvalue weighted by molar-refractivity contribution is 7.80. The highest BCUT2D eigenvalue weighted by Gasteiger charge is 2.34. The Morgan fingerprint density at radius 1 is 1.17 bits per heavy atom. The first-order valence-electron chi connectivity index (χ1n) is 10.8. The summed E-state index contributed by atoms with van der Waals surface area (Å²) >= 11 is 5.27. The van der Waals surface area contributed by atoms with Crippen molar-refractivity contribution in [2.45, 2.75) is 19.8 Å². The highest BCUT2D eigenvalue weighted by Crippen LogP contribution is 2.35. The van der Waals surface area contributed by atoms with E-state index in [0.29, 0.717) is 34.7 Å². The second kappa shape index (κ2) is 11.4. The molecule has 35 heavy (non-hydrogen) atoms. The number of aryl methyl sites for hydroxylation is 1. The van der Waals surface area contributed by atoms with Crippen LogP contribution in [0.2, 0.25) is 0 Å². The molecule has 182 valence electrons. The monoisotopic (exact) mass is 494 g/mol. The van der Waals surface area contributed by atoms with E-state index in [1.165, 1.54) is 25.2 Å². The Bertz CT molecular complexity index is 1200. The Morgan fingerprint density at radius 3 is 2.49 bits per heavy atom. The van der Waals surface area contributed by atoms with Gasteiger partial charge in [-0.2, -0.15) is 0 Å². The average molecular weight is 495 g/mol. The van der Waals surface area contributed by atoms with Gasteiger partial charge in [0.1, 0.15) is 5.57 Å². The second-order valence-electron chi connectivity index (χ2n) is 7.55. The molecule has 1 saturated heterocycles. The topological polar surface area (TPSA) is 94.2 Å². The summed E-state index contributed by atoms with van der Waals surface area (Å²) in [7, 11) is 2.72. The quantitative estimate of drug-likeness (QED) is 0.188. The number of allylic oxidation sites excluding steroid dienone is 1. The molecular formula is C26H26N2O6S. The largest absolute Gasteiger partial charge is 0.493 e. The number of anilines is 1. The minimum atomic E-state index is -0.600. The molecule has 2 aromatic carbocycles. The Balaban J connectivity index is 2.01. The molecule has 1 fully saturated rings. The van der Waals surface area contributed by atoms with Crippen LogP contribution >= 0.6 is 12.2 Å². The van der Waals surface area contributed by atoms with Crippen molar-refractivity contribution in [2.75, 3.05) is 25.7 Å². The highest BCUT2D eigenvalue weighted by atomic mass is 32.1. The van der Waals surface area contributed by atoms with Crippen molar-refractivity contribution >= 4 is 46.9 Å². The number of rotatable bonds is 9. The van der Waals surface area contributed by atoms with Crippen LogP contribution in [0.3, 0.4) is 0 Å². The third-order valence-corrected chi connectivity index (χ3v) is 5.60. The SMILES string of the molecule is C=CCc1cc(/C=C2\C(=O)NC(=S)N(c3ccc(CC)cc3)C2=O)cc(OC)c1OCC(=O)OC. The lowest BCUT2D eigenvalue weighted by Gasteiger charge is -2.29. The molecule has 8 nitrogen and oxygen atoms in total. The maximum absolute atomic E-state index is 13.3. The number of thiocarbonyl (C=S) groups is 1. The van der Waals surface area contributed by atoms with Crippen LogP contribution in [0.25, 0.3) is 6.08 Å². The maximum atomic E-state index is 13.3. The summed E-state index contributed by atoms with van der Waals surface area (Å²) in [5, 5.41) is 2.59. The lowest BCUT2D eigenvalue weighted by molar-refractivity contribution is -0.143. The van der Waals surface area contributed by atoms with Crippen molar-refractivity contribution in [1.82, 2.24) is 5.32 Å². The van der Waals surface area contributed by atoms with Crippen molar-refractivity contribution in [2.24, 2.45) is 0 Å². The maximum Gasteiger partial charge on any atom is 0.343 e. The van der Waals surface area contributed by atoms with Crippen LogP contribution in [0.1, 0.15) is 23.6 Å². The Labute approximate surface area is 209 Å². The van der Waals surface area contributed by atoms with Crippen LogP contribution in [-0.2, 0) is 32.0 Å². The summed E-state index contributed by atoms with van der Waals surface area (Å²) in [5.41, 5.74) is 2.76. The number of carbonyl (C=O) groups is 3. The number of esters is 1. The van der Waals surface area contributed by atoms with E-state index in [2.05, 4.69) is 16.6 Å². The molecule has 2 amide bonds. The molecule has 2 aromatic rings. The lowest BCUT2D eigenvalue weighted by Crippen LogP contribution is -2.54. The van der Waals surface area contributed by atoms with Gasteiger partial charge in [-0.25, -0.2) is 4.79 Å². The minimum absolute atomic E-state index is 0.0119. The molecule has 1 heterocycles. The molecule has 0 unspecified atom stereocenters. The lowest BCUT2D eigenvalue weighted by atomic mass is 10.0. The molecule has 0 spiro atoms. The fraction of sp³-hybridized carbons (Fsp3) is 0.231. The predicted octanol–water partition coefficient (Wildman–Crippen LogP) is 3.37. The molecule has 0 radical (unpaired) electrons. The summed E-state index contributed by atoms with van der Waals surface area (Å²) in [6.07, 6.45) is 4.38. The molecule has 3 rings (SSSR count). The van der Waals surface area contributed by atoms with Crippen molar-refractivity contribution in [1.29, 1.82) is 0 Å². The zero-order valence-electron chi connectivity index (χ0n) is 19.8. The fourth-order valence-electron chi connectivity index (χ4n) is 3.52. The van der Waals surface area contributed by atoms with Crippen molar-refractivity contribution in [3.05, 3.63) is 71.3 Å². The molecule has 0 aromatic heterocycles. The number of hydrogen-bond donors (Lipinski definition) is 1. The van der Waals surface area contributed by atoms with Crippen LogP contribution < -0.4 is 19.7 Å². The van der Waals surface area contributed by atoms with Gasteiger partial charge in [-0.05, 0) is 66.5 Å². The smallest absolute Gasteiger partial charge is 0.343 e. The van der Waals surface area contributed by atoms with Gasteiger partial charge in [0.2, 0.25) is 0 Å². The fourth-order valence-corrected chi connectivity index (χ4v) is 3.80. The molecule has 1 aliphatic rings. The second-order valence-corrected chi connectivity index (χ2v) is 7.93. The Hall–Kier alpha value is -3.98. The summed E-state index contributed by atoms with van der Waals surface area (Å²) < 4.78 is 15.7. The third-order valence-electron chi connectivity index (χ3n) is 5.32. The van der Waals surface area contributed by atoms with Crippen LogP contribution in [0, 0.1) is 0 Å². The number of ether oxygens (including phenoxy) is 3. The molecule has 1 N–H and O–H groups in total. The van der Waals surface area contributed by atoms with Gasteiger partial charge in [0.25, 0.3) is 11.8 Å². The van der Waals surface area contributed by atoms with Gasteiger partial charge in [0.05, 0.1) is 19.9 Å². The van der Waals surface area contributed by atoms with E-state index in [-0.39, 0.29) is 17.3 Å². The van der Waals surface area contributed by atoms with E-state index < -0.39 is 17.8 Å². The van der Waals surface area contributed by atoms with Crippen LogP contribution in [0.4, 0.5) is 5.69 Å². The summed E-state index contributed by atoms with van der Waals surface area (Å²) in [6.45, 7) is 5.49. The molecule has 0 bridgehead atoms. The van der Waals surface area contributed by atoms with Crippen molar-refractivity contribution < 1.29 is 28.6 Å². The average Bonchev–Trinajstić information content (AvgIpc) is 2.85. The number of hydrogen-bond acceptors (Lipinski definition) is 7. The summed E-state index contributed by atoms with van der Waals surface area (Å²) in [5.74, 6) is -1.02. The molecule has 1 aliphatic heterocycles. The standard InChI is InChI=1S/C26H26N2O6S/c1-5-7-18-12-17(14-21(32-3)23(18)34-15-22(29)33-4)13-20-24(30)27-26(35)28(25(20)31)19-10-8-16(6-2)9-11-19/h5,8-14H,1,6-7,15H2,2-4H3,(H,27,30,35)/b20-13+. The molecular weight excluding hydrogens is 468 g/mol. The van der Waals surface area contributed by atoms with Gasteiger partial charge >= 0.3 is 5.97 Å². The van der Waals surface area contributed by atoms with E-state index in [9.17, 15) is 14.4 Å². The molecule has 0 atom stereocenters. The van der Waals surface area contributed by atoms with Crippen molar-refractivity contribution in [3.8, 4) is 11.5 Å². The third kappa shape index (κ3) is 5.75. The molecule has 0 saturated carbocycles. The van der Waals surface area contributed by atoms with Gasteiger partial charge in [-0.3, -0.25) is 19.8 Å². The number of benzene rings is 2. The molecule has 9 heteroatoms. The first kappa shape index (κ1) is 25.6. The predicted molar refractivity (Wildman–Crippen MR) is 136 cm³/mol. The van der Waals surface area contributed by atoms with E-state index in [1.807, 2.05) is 19.1 Å². The summed E-state index contributed by atoms with van der Waals surface area (Å²) in [4.78, 5) is 38.9. The Kier molecular flexibility index (Phi) is 8.38. The number of methoxy groups -OCH3 is 2. The van der Waals surface area contributed by atoms with Crippen LogP contribution in [0.5, 0.6) is 11.5 Å².